The van der Waals surface area contributed by atoms with Gasteiger partial charge in [-0.25, -0.2) is 0 Å². The monoisotopic (exact) mass is 278 g/mol. The van der Waals surface area contributed by atoms with E-state index in [4.69, 9.17) is 0 Å². The van der Waals surface area contributed by atoms with Crippen LogP contribution in [0.4, 0.5) is 0 Å². The van der Waals surface area contributed by atoms with Crippen LogP contribution in [-0.4, -0.2) is 17.0 Å². The second kappa shape index (κ2) is 6.01. The van der Waals surface area contributed by atoms with Gasteiger partial charge in [-0.05, 0) is 55.4 Å². The van der Waals surface area contributed by atoms with Gasteiger partial charge in [-0.2, -0.15) is 0 Å². The molecule has 2 nitrogen and oxygen atoms in total. The Morgan fingerprint density at radius 3 is 2.80 bits per heavy atom. The fraction of sp³-hybridized carbons (Fsp3) is 0.833. The van der Waals surface area contributed by atoms with E-state index in [1.165, 1.54) is 6.42 Å². The van der Waals surface area contributed by atoms with Crippen LogP contribution in [0.2, 0.25) is 0 Å². The number of hydrogen-bond donors (Lipinski definition) is 1. The van der Waals surface area contributed by atoms with E-state index in [0.717, 1.165) is 37.7 Å². The Labute approximate surface area is 123 Å². The van der Waals surface area contributed by atoms with Gasteiger partial charge in [0.1, 0.15) is 0 Å². The average molecular weight is 278 g/mol. The van der Waals surface area contributed by atoms with E-state index in [2.05, 4.69) is 33.8 Å². The zero-order valence-electron chi connectivity index (χ0n) is 13.5. The molecule has 0 bridgehead atoms. The van der Waals surface area contributed by atoms with Crippen LogP contribution in [0.1, 0.15) is 66.2 Å². The van der Waals surface area contributed by atoms with Crippen molar-refractivity contribution in [3.63, 3.8) is 0 Å². The summed E-state index contributed by atoms with van der Waals surface area (Å²) in [6.07, 6.45) is 7.93. The van der Waals surface area contributed by atoms with Gasteiger partial charge in [0.25, 0.3) is 0 Å². The summed E-state index contributed by atoms with van der Waals surface area (Å²) in [7, 11) is 0. The number of ketones is 1. The maximum Gasteiger partial charge on any atom is 0.164 e. The normalized spacial score (nSPS) is 41.5. The standard InChI is InChI=1S/C18H30O2/c1-5-6-12(2)11-14-7-8-15-13(3)16(19)9-10-18(15,4)17(14)20/h11-13,15-16,19H,5-10H2,1-4H3/b14-11-/t12?,13-,15?,16?,18-/m0/s1. The molecule has 0 amide bonds. The van der Waals surface area contributed by atoms with Gasteiger partial charge in [-0.1, -0.05) is 40.2 Å². The Bertz CT molecular complexity index is 398. The minimum absolute atomic E-state index is 0.217. The number of hydrogen-bond acceptors (Lipinski definition) is 2. The minimum atomic E-state index is -0.228. The van der Waals surface area contributed by atoms with Crippen LogP contribution in [0.3, 0.4) is 0 Å². The molecule has 2 saturated carbocycles. The average Bonchev–Trinajstić information content (AvgIpc) is 2.40. The van der Waals surface area contributed by atoms with Crippen LogP contribution in [-0.2, 0) is 4.79 Å². The molecule has 0 aromatic heterocycles. The summed E-state index contributed by atoms with van der Waals surface area (Å²) in [6, 6.07) is 0. The zero-order valence-corrected chi connectivity index (χ0v) is 13.5. The second-order valence-electron chi connectivity index (χ2n) is 7.31. The van der Waals surface area contributed by atoms with Crippen molar-refractivity contribution in [2.75, 3.05) is 0 Å². The van der Waals surface area contributed by atoms with Gasteiger partial charge >= 0.3 is 0 Å². The number of carbonyl (C=O) groups excluding carboxylic acids is 1. The smallest absolute Gasteiger partial charge is 0.164 e. The van der Waals surface area contributed by atoms with Crippen LogP contribution in [0.15, 0.2) is 11.6 Å². The summed E-state index contributed by atoms with van der Waals surface area (Å²) in [6.45, 7) is 8.67. The molecular formula is C18H30O2. The van der Waals surface area contributed by atoms with Crippen molar-refractivity contribution in [2.45, 2.75) is 72.3 Å². The van der Waals surface area contributed by atoms with Gasteiger partial charge in [0.05, 0.1) is 6.10 Å². The van der Waals surface area contributed by atoms with Crippen molar-refractivity contribution in [3.8, 4) is 0 Å². The predicted octanol–water partition coefficient (Wildman–Crippen LogP) is 4.13. The maximum absolute atomic E-state index is 12.9. The van der Waals surface area contributed by atoms with Crippen molar-refractivity contribution in [2.24, 2.45) is 23.2 Å². The molecule has 5 atom stereocenters. The summed E-state index contributed by atoms with van der Waals surface area (Å²) < 4.78 is 0. The maximum atomic E-state index is 12.9. The molecule has 114 valence electrons. The summed E-state index contributed by atoms with van der Waals surface area (Å²) in [5.74, 6) is 1.49. The Kier molecular flexibility index (Phi) is 4.73. The van der Waals surface area contributed by atoms with Crippen LogP contribution >= 0.6 is 0 Å². The molecule has 20 heavy (non-hydrogen) atoms. The molecule has 0 heterocycles. The zero-order chi connectivity index (χ0) is 14.9. The third-order valence-corrected chi connectivity index (χ3v) is 5.78. The third-order valence-electron chi connectivity index (χ3n) is 5.78. The van der Waals surface area contributed by atoms with Crippen molar-refractivity contribution < 1.29 is 9.90 Å². The van der Waals surface area contributed by atoms with Crippen molar-refractivity contribution in [1.29, 1.82) is 0 Å². The Hall–Kier alpha value is -0.630. The molecule has 3 unspecified atom stereocenters. The van der Waals surface area contributed by atoms with Crippen molar-refractivity contribution in [3.05, 3.63) is 11.6 Å². The molecule has 2 aliphatic carbocycles. The van der Waals surface area contributed by atoms with Gasteiger partial charge in [0.15, 0.2) is 5.78 Å². The van der Waals surface area contributed by atoms with Crippen LogP contribution in [0.25, 0.3) is 0 Å². The fourth-order valence-electron chi connectivity index (χ4n) is 4.44. The molecular weight excluding hydrogens is 248 g/mol. The molecule has 0 aromatic carbocycles. The van der Waals surface area contributed by atoms with E-state index in [-0.39, 0.29) is 17.4 Å². The molecule has 0 aromatic rings. The van der Waals surface area contributed by atoms with Gasteiger partial charge in [0.2, 0.25) is 0 Å². The highest BCUT2D eigenvalue weighted by Crippen LogP contribution is 2.52. The molecule has 0 spiro atoms. The van der Waals surface area contributed by atoms with E-state index in [0.29, 0.717) is 17.6 Å². The van der Waals surface area contributed by atoms with Gasteiger partial charge < -0.3 is 5.11 Å². The number of aliphatic hydroxyl groups excluding tert-OH is 1. The Balaban J connectivity index is 2.20. The van der Waals surface area contributed by atoms with Crippen LogP contribution < -0.4 is 0 Å². The number of Topliss-reactive ketones (excluding diaryl/α,β-unsaturated/α-hetero) is 1. The highest BCUT2D eigenvalue weighted by atomic mass is 16.3. The quantitative estimate of drug-likeness (QED) is 0.788. The fourth-order valence-corrected chi connectivity index (χ4v) is 4.44. The number of carbonyl (C=O) groups is 1. The third kappa shape index (κ3) is 2.72. The minimum Gasteiger partial charge on any atom is -0.393 e. The molecule has 0 aliphatic heterocycles. The van der Waals surface area contributed by atoms with Crippen molar-refractivity contribution >= 4 is 5.78 Å². The van der Waals surface area contributed by atoms with E-state index >= 15 is 0 Å². The largest absolute Gasteiger partial charge is 0.393 e. The lowest BCUT2D eigenvalue weighted by molar-refractivity contribution is -0.138. The van der Waals surface area contributed by atoms with Crippen LogP contribution in [0, 0.1) is 23.2 Å². The Morgan fingerprint density at radius 1 is 1.45 bits per heavy atom. The van der Waals surface area contributed by atoms with Gasteiger partial charge in [0, 0.05) is 5.41 Å². The number of fused-ring (bicyclic) bond motifs is 1. The first kappa shape index (κ1) is 15.8. The van der Waals surface area contributed by atoms with Gasteiger partial charge in [-0.15, -0.1) is 0 Å². The molecule has 0 radical (unpaired) electrons. The van der Waals surface area contributed by atoms with Crippen molar-refractivity contribution in [1.82, 2.24) is 0 Å². The van der Waals surface area contributed by atoms with E-state index < -0.39 is 0 Å². The van der Waals surface area contributed by atoms with E-state index in [1.807, 2.05) is 0 Å². The summed E-state index contributed by atoms with van der Waals surface area (Å²) in [4.78, 5) is 12.9. The predicted molar refractivity (Wildman–Crippen MR) is 82.4 cm³/mol. The lowest BCUT2D eigenvalue weighted by atomic mass is 9.54. The summed E-state index contributed by atoms with van der Waals surface area (Å²) in [5.41, 5.74) is 0.836. The highest BCUT2D eigenvalue weighted by Gasteiger charge is 2.51. The SMILES string of the molecule is CCCC(C)/C=C1/CCC2[C@H](C)C(O)CC[C@]2(C)C1=O. The molecule has 2 aliphatic rings. The second-order valence-corrected chi connectivity index (χ2v) is 7.31. The van der Waals surface area contributed by atoms with E-state index in [9.17, 15) is 9.90 Å². The molecule has 2 heteroatoms. The number of allylic oxidation sites excluding steroid dienone is 2. The molecule has 1 N–H and O–H groups in total. The molecule has 2 rings (SSSR count). The molecule has 2 fully saturated rings. The number of rotatable bonds is 3. The topological polar surface area (TPSA) is 37.3 Å². The lowest BCUT2D eigenvalue weighted by Gasteiger charge is -2.49. The highest BCUT2D eigenvalue weighted by molar-refractivity contribution is 6.00. The summed E-state index contributed by atoms with van der Waals surface area (Å²) >= 11 is 0. The van der Waals surface area contributed by atoms with Crippen LogP contribution in [0.5, 0.6) is 0 Å². The Morgan fingerprint density at radius 2 is 2.15 bits per heavy atom. The summed E-state index contributed by atoms with van der Waals surface area (Å²) in [5, 5.41) is 10.1. The molecule has 0 saturated heterocycles. The van der Waals surface area contributed by atoms with Gasteiger partial charge in [-0.3, -0.25) is 4.79 Å². The van der Waals surface area contributed by atoms with E-state index in [1.54, 1.807) is 0 Å². The number of aliphatic hydroxyl groups is 1. The first-order valence-corrected chi connectivity index (χ1v) is 8.33. The first-order chi connectivity index (χ1) is 9.40. The first-order valence-electron chi connectivity index (χ1n) is 8.33. The lowest BCUT2D eigenvalue weighted by Crippen LogP contribution is -2.50.